The molecule has 3 heterocycles. The summed E-state index contributed by atoms with van der Waals surface area (Å²) in [6.45, 7) is 8.75. The highest BCUT2D eigenvalue weighted by Crippen LogP contribution is 2.44. The van der Waals surface area contributed by atoms with E-state index in [1.165, 1.54) is 33.8 Å². The first-order valence-electron chi connectivity index (χ1n) is 12.0. The summed E-state index contributed by atoms with van der Waals surface area (Å²) < 4.78 is 2.38. The first-order valence-corrected chi connectivity index (χ1v) is 12.4. The number of thiocarbonyl (C=S) groups is 1. The van der Waals surface area contributed by atoms with Crippen LogP contribution in [0.3, 0.4) is 0 Å². The van der Waals surface area contributed by atoms with Crippen molar-refractivity contribution in [3.63, 3.8) is 0 Å². The van der Waals surface area contributed by atoms with Crippen LogP contribution < -0.4 is 10.2 Å². The second-order valence-electron chi connectivity index (χ2n) is 9.11. The highest BCUT2D eigenvalue weighted by atomic mass is 32.1. The fourth-order valence-corrected chi connectivity index (χ4v) is 5.66. The summed E-state index contributed by atoms with van der Waals surface area (Å²) in [6, 6.07) is 21.8. The number of phenolic OH excluding ortho intramolecular Hbond substituents is 1. The molecule has 0 aliphatic carbocycles. The Morgan fingerprint density at radius 3 is 2.46 bits per heavy atom. The van der Waals surface area contributed by atoms with Crippen LogP contribution in [0.1, 0.15) is 52.8 Å². The van der Waals surface area contributed by atoms with E-state index >= 15 is 0 Å². The third-order valence-electron chi connectivity index (χ3n) is 6.94. The molecule has 0 spiro atoms. The monoisotopic (exact) mass is 482 g/mol. The summed E-state index contributed by atoms with van der Waals surface area (Å²) in [5.74, 6) is 0.231. The van der Waals surface area contributed by atoms with Crippen molar-refractivity contribution >= 4 is 23.0 Å². The average molecular weight is 483 g/mol. The van der Waals surface area contributed by atoms with Crippen LogP contribution in [-0.4, -0.2) is 19.8 Å². The minimum Gasteiger partial charge on any atom is -0.508 e. The zero-order valence-electron chi connectivity index (χ0n) is 20.5. The van der Waals surface area contributed by atoms with Crippen molar-refractivity contribution in [3.8, 4) is 11.4 Å². The second-order valence-corrected chi connectivity index (χ2v) is 9.50. The maximum Gasteiger partial charge on any atom is 0.174 e. The summed E-state index contributed by atoms with van der Waals surface area (Å²) in [6.07, 6.45) is 2.79. The largest absolute Gasteiger partial charge is 0.508 e. The lowest BCUT2D eigenvalue weighted by Crippen LogP contribution is -2.29. The van der Waals surface area contributed by atoms with Crippen molar-refractivity contribution in [1.29, 1.82) is 0 Å². The van der Waals surface area contributed by atoms with E-state index in [1.54, 1.807) is 12.1 Å². The van der Waals surface area contributed by atoms with E-state index in [4.69, 9.17) is 12.2 Å². The topological polar surface area (TPSA) is 53.3 Å². The summed E-state index contributed by atoms with van der Waals surface area (Å²) in [4.78, 5) is 6.83. The number of aromatic hydroxyl groups is 1. The number of rotatable bonds is 5. The molecule has 2 atom stereocenters. The predicted octanol–water partition coefficient (Wildman–Crippen LogP) is 6.24. The molecule has 4 aromatic rings. The lowest BCUT2D eigenvalue weighted by molar-refractivity contribution is 0.475. The molecule has 2 aromatic carbocycles. The van der Waals surface area contributed by atoms with Gasteiger partial charge in [-0.2, -0.15) is 0 Å². The number of phenols is 1. The van der Waals surface area contributed by atoms with Gasteiger partial charge >= 0.3 is 0 Å². The number of aromatic nitrogens is 2. The van der Waals surface area contributed by atoms with Gasteiger partial charge in [0.25, 0.3) is 0 Å². The first kappa shape index (κ1) is 23.1. The van der Waals surface area contributed by atoms with E-state index in [2.05, 4.69) is 71.7 Å². The SMILES string of the molecule is CCc1cccc(C)c1-n1c(C)cc([C@@H]2[C@@H](c3ccccn3)NC(=S)N2c2ccc(O)cc2)c1C. The molecule has 1 aliphatic rings. The summed E-state index contributed by atoms with van der Waals surface area (Å²) in [5.41, 5.74) is 9.29. The maximum absolute atomic E-state index is 9.88. The van der Waals surface area contributed by atoms with E-state index < -0.39 is 0 Å². The molecule has 2 N–H and O–H groups in total. The Labute approximate surface area is 212 Å². The molecule has 178 valence electrons. The molecule has 5 nitrogen and oxygen atoms in total. The zero-order valence-corrected chi connectivity index (χ0v) is 21.3. The Bertz CT molecular complexity index is 1380. The Morgan fingerprint density at radius 2 is 1.77 bits per heavy atom. The van der Waals surface area contributed by atoms with Gasteiger partial charge in [-0.05, 0) is 98.6 Å². The Morgan fingerprint density at radius 1 is 1.00 bits per heavy atom. The van der Waals surface area contributed by atoms with Crippen molar-refractivity contribution in [2.24, 2.45) is 0 Å². The van der Waals surface area contributed by atoms with Gasteiger partial charge in [0.15, 0.2) is 5.11 Å². The molecule has 0 saturated carbocycles. The molecular formula is C29H30N4OS. The lowest BCUT2D eigenvalue weighted by atomic mass is 9.96. The molecule has 0 unspecified atom stereocenters. The summed E-state index contributed by atoms with van der Waals surface area (Å²) >= 11 is 5.86. The molecule has 35 heavy (non-hydrogen) atoms. The zero-order chi connectivity index (χ0) is 24.7. The van der Waals surface area contributed by atoms with Crippen LogP contribution in [0.4, 0.5) is 5.69 Å². The number of hydrogen-bond donors (Lipinski definition) is 2. The second kappa shape index (κ2) is 9.19. The highest BCUT2D eigenvalue weighted by molar-refractivity contribution is 7.80. The van der Waals surface area contributed by atoms with Crippen LogP contribution in [0, 0.1) is 20.8 Å². The smallest absolute Gasteiger partial charge is 0.174 e. The molecule has 0 bridgehead atoms. The van der Waals surface area contributed by atoms with Gasteiger partial charge in [-0.25, -0.2) is 0 Å². The fraction of sp³-hybridized carbons (Fsp3) is 0.241. The maximum atomic E-state index is 9.88. The van der Waals surface area contributed by atoms with Gasteiger partial charge in [0.1, 0.15) is 5.75 Å². The van der Waals surface area contributed by atoms with Crippen molar-refractivity contribution in [2.45, 2.75) is 46.2 Å². The molecule has 1 aliphatic heterocycles. The molecule has 0 radical (unpaired) electrons. The fourth-order valence-electron chi connectivity index (χ4n) is 5.32. The normalized spacial score (nSPS) is 17.6. The van der Waals surface area contributed by atoms with Crippen molar-refractivity contribution in [3.05, 3.63) is 107 Å². The van der Waals surface area contributed by atoms with Crippen molar-refractivity contribution in [2.75, 3.05) is 4.90 Å². The third kappa shape index (κ3) is 3.98. The van der Waals surface area contributed by atoms with E-state index in [-0.39, 0.29) is 17.8 Å². The Hall–Kier alpha value is -3.64. The summed E-state index contributed by atoms with van der Waals surface area (Å²) in [7, 11) is 0. The van der Waals surface area contributed by atoms with Gasteiger partial charge < -0.3 is 19.9 Å². The molecule has 0 amide bonds. The number of para-hydroxylation sites is 1. The number of hydrogen-bond acceptors (Lipinski definition) is 3. The number of nitrogens with one attached hydrogen (secondary N) is 1. The molecule has 2 aromatic heterocycles. The Kier molecular flexibility index (Phi) is 6.07. The van der Waals surface area contributed by atoms with Crippen LogP contribution in [0.25, 0.3) is 5.69 Å². The quantitative estimate of drug-likeness (QED) is 0.330. The van der Waals surface area contributed by atoms with Crippen LogP contribution in [0.2, 0.25) is 0 Å². The van der Waals surface area contributed by atoms with E-state index in [0.29, 0.717) is 5.11 Å². The average Bonchev–Trinajstić information content (AvgIpc) is 3.35. The van der Waals surface area contributed by atoms with Crippen LogP contribution in [-0.2, 0) is 6.42 Å². The van der Waals surface area contributed by atoms with Crippen molar-refractivity contribution < 1.29 is 5.11 Å². The minimum atomic E-state index is -0.117. The van der Waals surface area contributed by atoms with Gasteiger partial charge in [-0.15, -0.1) is 0 Å². The first-order chi connectivity index (χ1) is 16.9. The minimum absolute atomic E-state index is 0.101. The standard InChI is InChI=1S/C29H30N4OS/c1-5-21-10-8-9-18(2)27(21)32-19(3)17-24(20(32)4)28-26(25-11-6-7-16-30-25)31-29(35)33(28)22-12-14-23(34)15-13-22/h6-17,26,28,34H,5H2,1-4H3,(H,31,35)/t26-,28-/m1/s1. The number of anilines is 1. The van der Waals surface area contributed by atoms with Crippen LogP contribution in [0.5, 0.6) is 5.75 Å². The van der Waals surface area contributed by atoms with E-state index in [9.17, 15) is 5.11 Å². The van der Waals surface area contributed by atoms with Gasteiger partial charge in [0.05, 0.1) is 23.5 Å². The lowest BCUT2D eigenvalue weighted by Gasteiger charge is -2.28. The highest BCUT2D eigenvalue weighted by Gasteiger charge is 2.42. The molecule has 1 saturated heterocycles. The van der Waals surface area contributed by atoms with Gasteiger partial charge in [0, 0.05) is 23.3 Å². The number of aryl methyl sites for hydroxylation is 3. The molecule has 6 heteroatoms. The molecule has 5 rings (SSSR count). The van der Waals surface area contributed by atoms with E-state index in [0.717, 1.165) is 17.8 Å². The van der Waals surface area contributed by atoms with Crippen LogP contribution >= 0.6 is 12.2 Å². The number of benzene rings is 2. The Balaban J connectivity index is 1.71. The third-order valence-corrected chi connectivity index (χ3v) is 7.26. The number of nitrogens with zero attached hydrogens (tertiary/aromatic N) is 3. The molecular weight excluding hydrogens is 452 g/mol. The van der Waals surface area contributed by atoms with Gasteiger partial charge in [-0.3, -0.25) is 4.98 Å². The van der Waals surface area contributed by atoms with Gasteiger partial charge in [0.2, 0.25) is 0 Å². The van der Waals surface area contributed by atoms with Crippen LogP contribution in [0.15, 0.2) is 72.9 Å². The number of pyridine rings is 1. The van der Waals surface area contributed by atoms with E-state index in [1.807, 2.05) is 36.5 Å². The van der Waals surface area contributed by atoms with Crippen molar-refractivity contribution in [1.82, 2.24) is 14.9 Å². The van der Waals surface area contributed by atoms with Gasteiger partial charge in [-0.1, -0.05) is 31.2 Å². The molecule has 1 fully saturated rings. The predicted molar refractivity (Wildman–Crippen MR) is 145 cm³/mol. The summed E-state index contributed by atoms with van der Waals surface area (Å²) in [5, 5.41) is 14.1.